The first-order valence-corrected chi connectivity index (χ1v) is 16.7. The first-order chi connectivity index (χ1) is 20.1. The van der Waals surface area contributed by atoms with Gasteiger partial charge in [-0.25, -0.2) is 4.79 Å². The van der Waals surface area contributed by atoms with Crippen LogP contribution in [0.25, 0.3) is 0 Å². The third-order valence-electron chi connectivity index (χ3n) is 6.74. The number of carbonyl (C=O) groups excluding carboxylic acids is 1. The maximum absolute atomic E-state index is 13.4. The summed E-state index contributed by atoms with van der Waals surface area (Å²) in [6.45, 7) is 9.51. The molecule has 1 atom stereocenters. The Morgan fingerprint density at radius 3 is 2.23 bits per heavy atom. The number of nitrogens with one attached hydrogen (secondary N) is 1. The summed E-state index contributed by atoms with van der Waals surface area (Å²) in [6, 6.07) is 8.18. The molecule has 0 aliphatic carbocycles. The summed E-state index contributed by atoms with van der Waals surface area (Å²) in [4.78, 5) is 37.9. The largest absolute Gasteiger partial charge is 0.810 e. The molecule has 1 amide bonds. The van der Waals surface area contributed by atoms with E-state index >= 15 is 0 Å². The maximum Gasteiger partial charge on any atom is 0.416 e. The van der Waals surface area contributed by atoms with Gasteiger partial charge in [0, 0.05) is 22.6 Å². The van der Waals surface area contributed by atoms with Crippen molar-refractivity contribution >= 4 is 37.1 Å². The maximum atomic E-state index is 13.4. The highest BCUT2D eigenvalue weighted by Gasteiger charge is 2.40. The molecule has 0 unspecified atom stereocenters. The van der Waals surface area contributed by atoms with Gasteiger partial charge in [-0.1, -0.05) is 64.2 Å². The molecule has 0 spiro atoms. The molecular weight excluding hydrogens is 642 g/mol. The third kappa shape index (κ3) is 11.4. The molecule has 2 aromatic rings. The summed E-state index contributed by atoms with van der Waals surface area (Å²) in [5.74, 6) is 0.208. The lowest BCUT2D eigenvalue weighted by Gasteiger charge is -2.50. The summed E-state index contributed by atoms with van der Waals surface area (Å²) in [6.07, 6.45) is -3.97. The van der Waals surface area contributed by atoms with Crippen molar-refractivity contribution in [1.82, 2.24) is 5.32 Å². The zero-order valence-electron chi connectivity index (χ0n) is 25.9. The van der Waals surface area contributed by atoms with Gasteiger partial charge in [0.15, 0.2) is 6.79 Å². The van der Waals surface area contributed by atoms with Crippen LogP contribution in [0, 0.1) is 0 Å². The standard InChI is InChI=1S/C30H42ClF3NO7PS/c1-8-14-29(18-28(5,6)43(37,38)39,35-26(36)42-27(2,3)4)15-13-20-9-11-22(17-23(20)31)44-25-16-21(30(32,33)34)10-12-24(25)41-19-40-7/h9-12,16-17H,8,13-15,18-19H2,1-7H3,(H,35,36)(H2,37,38,39)/p-2/t29-/m0/s1. The van der Waals surface area contributed by atoms with E-state index in [-0.39, 0.29) is 30.3 Å². The summed E-state index contributed by atoms with van der Waals surface area (Å²) in [5, 5.41) is 1.52. The van der Waals surface area contributed by atoms with Gasteiger partial charge in [0.2, 0.25) is 0 Å². The average Bonchev–Trinajstić information content (AvgIpc) is 2.85. The fourth-order valence-corrected chi connectivity index (χ4v) is 6.51. The first kappa shape index (κ1) is 38.2. The minimum Gasteiger partial charge on any atom is -0.810 e. The fourth-order valence-electron chi connectivity index (χ4n) is 4.70. The van der Waals surface area contributed by atoms with E-state index in [2.05, 4.69) is 5.32 Å². The van der Waals surface area contributed by atoms with Crippen LogP contribution in [0.5, 0.6) is 5.75 Å². The number of halogens is 4. The molecule has 2 rings (SSSR count). The Labute approximate surface area is 266 Å². The quantitative estimate of drug-likeness (QED) is 0.160. The zero-order valence-corrected chi connectivity index (χ0v) is 28.4. The van der Waals surface area contributed by atoms with Crippen LogP contribution in [0.15, 0.2) is 46.2 Å². The Bertz CT molecular complexity index is 1330. The van der Waals surface area contributed by atoms with Crippen LogP contribution >= 0.6 is 31.0 Å². The molecule has 8 nitrogen and oxygen atoms in total. The van der Waals surface area contributed by atoms with Crippen LogP contribution in [0.4, 0.5) is 18.0 Å². The van der Waals surface area contributed by atoms with Crippen molar-refractivity contribution in [1.29, 1.82) is 0 Å². The Balaban J connectivity index is 2.39. The van der Waals surface area contributed by atoms with Crippen molar-refractivity contribution in [2.45, 2.75) is 106 Å². The second-order valence-corrected chi connectivity index (χ2v) is 15.9. The van der Waals surface area contributed by atoms with Gasteiger partial charge in [0.05, 0.1) is 10.5 Å². The number of alkyl carbamates (subject to hydrolysis) is 1. The van der Waals surface area contributed by atoms with Gasteiger partial charge in [-0.2, -0.15) is 13.2 Å². The fraction of sp³-hybridized carbons (Fsp3) is 0.567. The van der Waals surface area contributed by atoms with Gasteiger partial charge in [0.1, 0.15) is 11.4 Å². The van der Waals surface area contributed by atoms with Gasteiger partial charge in [-0.3, -0.25) is 0 Å². The summed E-state index contributed by atoms with van der Waals surface area (Å²) in [5.41, 5.74) is -2.10. The van der Waals surface area contributed by atoms with Crippen molar-refractivity contribution in [2.75, 3.05) is 13.9 Å². The van der Waals surface area contributed by atoms with Crippen molar-refractivity contribution in [3.05, 3.63) is 52.5 Å². The van der Waals surface area contributed by atoms with E-state index in [0.29, 0.717) is 34.7 Å². The molecule has 44 heavy (non-hydrogen) atoms. The first-order valence-electron chi connectivity index (χ1n) is 13.9. The molecule has 14 heteroatoms. The van der Waals surface area contributed by atoms with Crippen molar-refractivity contribution in [3.8, 4) is 5.75 Å². The average molecular weight is 682 g/mol. The number of methoxy groups -OCH3 is 1. The molecule has 0 heterocycles. The Kier molecular flexibility index (Phi) is 13.1. The second kappa shape index (κ2) is 15.1. The highest BCUT2D eigenvalue weighted by molar-refractivity contribution is 7.99. The van der Waals surface area contributed by atoms with E-state index in [1.807, 2.05) is 6.92 Å². The molecule has 0 saturated carbocycles. The Hall–Kier alpha value is -1.95. The number of alkyl halides is 3. The SMILES string of the molecule is CCC[C@](CCc1ccc(Sc2cc(C(F)(F)F)ccc2OCOC)cc1Cl)(CC(C)(C)P(=O)([O-])[O-])NC(=O)OC(C)(C)C. The number of carbonyl (C=O) groups is 1. The van der Waals surface area contributed by atoms with Crippen molar-refractivity contribution in [3.63, 3.8) is 0 Å². The van der Waals surface area contributed by atoms with Crippen LogP contribution < -0.4 is 19.8 Å². The number of amides is 1. The number of benzene rings is 2. The van der Waals surface area contributed by atoms with Gasteiger partial charge in [0.25, 0.3) is 0 Å². The molecule has 0 aromatic heterocycles. The highest BCUT2D eigenvalue weighted by Crippen LogP contribution is 2.49. The molecule has 0 aliphatic rings. The van der Waals surface area contributed by atoms with E-state index in [1.165, 1.54) is 27.0 Å². The summed E-state index contributed by atoms with van der Waals surface area (Å²) in [7, 11) is -3.66. The van der Waals surface area contributed by atoms with E-state index < -0.39 is 41.7 Å². The Morgan fingerprint density at radius 1 is 1.05 bits per heavy atom. The van der Waals surface area contributed by atoms with Crippen LogP contribution in [0.3, 0.4) is 0 Å². The topological polar surface area (TPSA) is 120 Å². The number of ether oxygens (including phenoxy) is 3. The zero-order chi connectivity index (χ0) is 33.6. The molecule has 2 aromatic carbocycles. The van der Waals surface area contributed by atoms with Crippen LogP contribution in [0.1, 0.15) is 78.4 Å². The van der Waals surface area contributed by atoms with Crippen LogP contribution in [-0.2, 0) is 26.6 Å². The highest BCUT2D eigenvalue weighted by atomic mass is 35.5. The number of aryl methyl sites for hydroxylation is 1. The van der Waals surface area contributed by atoms with Gasteiger partial charge < -0.3 is 33.9 Å². The minimum atomic E-state index is -5.05. The van der Waals surface area contributed by atoms with Crippen LogP contribution in [0.2, 0.25) is 5.02 Å². The third-order valence-corrected chi connectivity index (χ3v) is 9.76. The van der Waals surface area contributed by atoms with E-state index in [4.69, 9.17) is 25.8 Å². The monoisotopic (exact) mass is 681 g/mol. The predicted molar refractivity (Wildman–Crippen MR) is 161 cm³/mol. The van der Waals surface area contributed by atoms with E-state index in [0.717, 1.165) is 23.9 Å². The van der Waals surface area contributed by atoms with Crippen molar-refractivity contribution < 1.29 is 46.5 Å². The number of rotatable bonds is 14. The predicted octanol–water partition coefficient (Wildman–Crippen LogP) is 7.57. The van der Waals surface area contributed by atoms with E-state index in [1.54, 1.807) is 39.0 Å². The summed E-state index contributed by atoms with van der Waals surface area (Å²) < 4.78 is 68.1. The van der Waals surface area contributed by atoms with Crippen molar-refractivity contribution in [2.24, 2.45) is 0 Å². The summed E-state index contributed by atoms with van der Waals surface area (Å²) >= 11 is 7.66. The Morgan fingerprint density at radius 2 is 1.70 bits per heavy atom. The van der Waals surface area contributed by atoms with Gasteiger partial charge in [-0.15, -0.1) is 0 Å². The lowest BCUT2D eigenvalue weighted by atomic mass is 9.80. The van der Waals surface area contributed by atoms with Gasteiger partial charge >= 0.3 is 12.3 Å². The normalized spacial score (nSPS) is 14.2. The minimum absolute atomic E-state index is 0.150. The molecule has 1 N–H and O–H groups in total. The molecular formula is C30H40ClF3NO7PS-2. The molecule has 0 fully saturated rings. The van der Waals surface area contributed by atoms with Gasteiger partial charge in [-0.05, 0) is 87.5 Å². The number of hydrogen-bond acceptors (Lipinski definition) is 8. The molecule has 0 radical (unpaired) electrons. The lowest BCUT2D eigenvalue weighted by molar-refractivity contribution is -0.320. The van der Waals surface area contributed by atoms with Crippen LogP contribution in [-0.4, -0.2) is 36.3 Å². The second-order valence-electron chi connectivity index (χ2n) is 12.2. The lowest BCUT2D eigenvalue weighted by Crippen LogP contribution is -2.54. The smallest absolute Gasteiger partial charge is 0.416 e. The molecule has 0 aliphatic heterocycles. The molecule has 0 bridgehead atoms. The van der Waals surface area contributed by atoms with E-state index in [9.17, 15) is 32.3 Å². The molecule has 0 saturated heterocycles. The molecule has 248 valence electrons. The number of hydrogen-bond donors (Lipinski definition) is 1.